The van der Waals surface area contributed by atoms with Gasteiger partial charge in [0.2, 0.25) is 5.91 Å². The normalized spacial score (nSPS) is 10.1. The summed E-state index contributed by atoms with van der Waals surface area (Å²) in [5.74, 6) is 0.0432. The van der Waals surface area contributed by atoms with Crippen molar-refractivity contribution < 1.29 is 14.5 Å². The average Bonchev–Trinajstić information content (AvgIpc) is 2.45. The van der Waals surface area contributed by atoms with Gasteiger partial charge in [0.25, 0.3) is 5.69 Å². The van der Waals surface area contributed by atoms with Crippen molar-refractivity contribution in [3.8, 4) is 5.75 Å². The molecule has 0 fully saturated rings. The van der Waals surface area contributed by atoms with Crippen LogP contribution in [0, 0.1) is 10.1 Å². The zero-order valence-electron chi connectivity index (χ0n) is 11.0. The van der Waals surface area contributed by atoms with Gasteiger partial charge in [0.15, 0.2) is 0 Å². The molecule has 0 aliphatic carbocycles. The van der Waals surface area contributed by atoms with E-state index in [1.807, 2.05) is 0 Å². The Morgan fingerprint density at radius 1 is 1.19 bits per heavy atom. The fraction of sp³-hybridized carbons (Fsp3) is 0.0714. The molecule has 0 unspecified atom stereocenters. The first-order valence-electron chi connectivity index (χ1n) is 6.03. The molecule has 4 N–H and O–H groups in total. The van der Waals surface area contributed by atoms with Crippen molar-refractivity contribution in [2.24, 2.45) is 5.73 Å². The molecule has 1 amide bonds. The van der Waals surface area contributed by atoms with Gasteiger partial charge in [0, 0.05) is 11.6 Å². The number of ether oxygens (including phenoxy) is 1. The van der Waals surface area contributed by atoms with Gasteiger partial charge in [-0.1, -0.05) is 0 Å². The summed E-state index contributed by atoms with van der Waals surface area (Å²) in [4.78, 5) is 21.0. The number of carbonyl (C=O) groups is 1. The summed E-state index contributed by atoms with van der Waals surface area (Å²) in [6.07, 6.45) is 0. The largest absolute Gasteiger partial charge is 0.489 e. The van der Waals surface area contributed by atoms with Gasteiger partial charge in [-0.05, 0) is 42.0 Å². The van der Waals surface area contributed by atoms with Crippen LogP contribution in [0.4, 0.5) is 11.4 Å². The van der Waals surface area contributed by atoms with E-state index in [4.69, 9.17) is 16.2 Å². The lowest BCUT2D eigenvalue weighted by Gasteiger charge is -2.07. The summed E-state index contributed by atoms with van der Waals surface area (Å²) in [6.45, 7) is 0.206. The Kier molecular flexibility index (Phi) is 4.03. The zero-order valence-corrected chi connectivity index (χ0v) is 11.0. The molecule has 0 aromatic heterocycles. The molecule has 0 radical (unpaired) electrons. The second-order valence-corrected chi connectivity index (χ2v) is 4.33. The monoisotopic (exact) mass is 287 g/mol. The zero-order chi connectivity index (χ0) is 15.4. The van der Waals surface area contributed by atoms with E-state index in [0.717, 1.165) is 0 Å². The van der Waals surface area contributed by atoms with E-state index < -0.39 is 10.8 Å². The van der Waals surface area contributed by atoms with Gasteiger partial charge < -0.3 is 16.2 Å². The van der Waals surface area contributed by atoms with Crippen molar-refractivity contribution in [3.05, 3.63) is 63.7 Å². The first kappa shape index (κ1) is 14.3. The van der Waals surface area contributed by atoms with Crippen molar-refractivity contribution in [3.63, 3.8) is 0 Å². The number of amides is 1. The van der Waals surface area contributed by atoms with E-state index in [1.165, 1.54) is 12.1 Å². The van der Waals surface area contributed by atoms with Crippen molar-refractivity contribution >= 4 is 17.3 Å². The number of nitrogens with two attached hydrogens (primary N) is 2. The minimum absolute atomic E-state index is 0.0881. The van der Waals surface area contributed by atoms with Crippen LogP contribution in [0.25, 0.3) is 0 Å². The number of nitrogens with zero attached hydrogens (tertiary/aromatic N) is 1. The van der Waals surface area contributed by atoms with Crippen LogP contribution in [0.1, 0.15) is 15.9 Å². The predicted octanol–water partition coefficient (Wildman–Crippen LogP) is 1.85. The van der Waals surface area contributed by atoms with E-state index in [-0.39, 0.29) is 18.0 Å². The highest BCUT2D eigenvalue weighted by atomic mass is 16.6. The first-order chi connectivity index (χ1) is 9.97. The molecule has 2 aromatic carbocycles. The van der Waals surface area contributed by atoms with Crippen LogP contribution in [0.5, 0.6) is 5.75 Å². The molecule has 7 nitrogen and oxygen atoms in total. The number of anilines is 1. The van der Waals surface area contributed by atoms with E-state index in [0.29, 0.717) is 16.9 Å². The summed E-state index contributed by atoms with van der Waals surface area (Å²) in [7, 11) is 0. The van der Waals surface area contributed by atoms with Crippen LogP contribution in [-0.2, 0) is 6.61 Å². The van der Waals surface area contributed by atoms with Gasteiger partial charge in [0.1, 0.15) is 18.0 Å². The lowest BCUT2D eigenvalue weighted by atomic mass is 10.2. The molecule has 0 aliphatic rings. The highest BCUT2D eigenvalue weighted by molar-refractivity contribution is 5.92. The molecule has 21 heavy (non-hydrogen) atoms. The Morgan fingerprint density at radius 3 is 2.38 bits per heavy atom. The van der Waals surface area contributed by atoms with Crippen LogP contribution in [0.3, 0.4) is 0 Å². The number of carbonyl (C=O) groups excluding carboxylic acids is 1. The van der Waals surface area contributed by atoms with Crippen LogP contribution in [0.15, 0.2) is 42.5 Å². The maximum atomic E-state index is 10.9. The number of nitro groups is 1. The van der Waals surface area contributed by atoms with Crippen LogP contribution in [0.2, 0.25) is 0 Å². The van der Waals surface area contributed by atoms with Crippen molar-refractivity contribution in [2.75, 3.05) is 5.73 Å². The second kappa shape index (κ2) is 5.91. The SMILES string of the molecule is NC(=O)c1ccc(OCc2ccc([N+](=O)[O-])c(N)c2)cc1. The Morgan fingerprint density at radius 2 is 1.86 bits per heavy atom. The van der Waals surface area contributed by atoms with Crippen LogP contribution >= 0.6 is 0 Å². The first-order valence-corrected chi connectivity index (χ1v) is 6.03. The van der Waals surface area contributed by atoms with Crippen LogP contribution in [-0.4, -0.2) is 10.8 Å². The summed E-state index contributed by atoms with van der Waals surface area (Å²) in [5, 5.41) is 10.7. The lowest BCUT2D eigenvalue weighted by molar-refractivity contribution is -0.383. The molecule has 108 valence electrons. The minimum atomic E-state index is -0.539. The van der Waals surface area contributed by atoms with Gasteiger partial charge in [0.05, 0.1) is 4.92 Å². The number of hydrogen-bond donors (Lipinski definition) is 2. The predicted molar refractivity (Wildman–Crippen MR) is 76.8 cm³/mol. The lowest BCUT2D eigenvalue weighted by Crippen LogP contribution is -2.10. The molecule has 0 saturated carbocycles. The van der Waals surface area contributed by atoms with Gasteiger partial charge in [-0.2, -0.15) is 0 Å². The molecule has 7 heteroatoms. The van der Waals surface area contributed by atoms with E-state index in [9.17, 15) is 14.9 Å². The summed E-state index contributed by atoms with van der Waals surface area (Å²) in [6, 6.07) is 10.8. The van der Waals surface area contributed by atoms with Crippen LogP contribution < -0.4 is 16.2 Å². The Labute approximate surface area is 120 Å². The number of nitrogen functional groups attached to an aromatic ring is 1. The van der Waals surface area contributed by atoms with E-state index >= 15 is 0 Å². The minimum Gasteiger partial charge on any atom is -0.489 e. The summed E-state index contributed by atoms with van der Waals surface area (Å²) < 4.78 is 5.50. The fourth-order valence-corrected chi connectivity index (χ4v) is 1.74. The smallest absolute Gasteiger partial charge is 0.292 e. The third-order valence-corrected chi connectivity index (χ3v) is 2.83. The molecule has 2 rings (SSSR count). The molecule has 0 saturated heterocycles. The molecule has 0 heterocycles. The highest BCUT2D eigenvalue weighted by Crippen LogP contribution is 2.23. The van der Waals surface area contributed by atoms with Gasteiger partial charge in [-0.25, -0.2) is 0 Å². The summed E-state index contributed by atoms with van der Waals surface area (Å²) >= 11 is 0. The van der Waals surface area contributed by atoms with E-state index in [2.05, 4.69) is 0 Å². The number of hydrogen-bond acceptors (Lipinski definition) is 5. The number of benzene rings is 2. The van der Waals surface area contributed by atoms with Gasteiger partial charge >= 0.3 is 0 Å². The van der Waals surface area contributed by atoms with E-state index in [1.54, 1.807) is 30.3 Å². The fourth-order valence-electron chi connectivity index (χ4n) is 1.74. The molecule has 0 aliphatic heterocycles. The molecular formula is C14H13N3O4. The third-order valence-electron chi connectivity index (χ3n) is 2.83. The Bertz CT molecular complexity index is 683. The molecule has 2 aromatic rings. The number of rotatable bonds is 5. The number of primary amides is 1. The molecular weight excluding hydrogens is 274 g/mol. The molecule has 0 spiro atoms. The Hall–Kier alpha value is -3.09. The van der Waals surface area contributed by atoms with Crippen molar-refractivity contribution in [1.29, 1.82) is 0 Å². The highest BCUT2D eigenvalue weighted by Gasteiger charge is 2.11. The Balaban J connectivity index is 2.04. The second-order valence-electron chi connectivity index (χ2n) is 4.33. The summed E-state index contributed by atoms with van der Waals surface area (Å²) in [5.41, 5.74) is 11.8. The van der Waals surface area contributed by atoms with Gasteiger partial charge in [-0.15, -0.1) is 0 Å². The maximum Gasteiger partial charge on any atom is 0.292 e. The van der Waals surface area contributed by atoms with Crippen molar-refractivity contribution in [2.45, 2.75) is 6.61 Å². The van der Waals surface area contributed by atoms with Gasteiger partial charge in [-0.3, -0.25) is 14.9 Å². The molecule has 0 bridgehead atoms. The number of nitro benzene ring substituents is 1. The van der Waals surface area contributed by atoms with Crippen molar-refractivity contribution in [1.82, 2.24) is 0 Å². The molecule has 0 atom stereocenters. The average molecular weight is 287 g/mol. The standard InChI is InChI=1S/C14H13N3O4/c15-12-7-9(1-6-13(12)17(19)20)8-21-11-4-2-10(3-5-11)14(16)18/h1-7H,8,15H2,(H2,16,18). The topological polar surface area (TPSA) is 121 Å². The maximum absolute atomic E-state index is 10.9. The third kappa shape index (κ3) is 3.47. The quantitative estimate of drug-likeness (QED) is 0.493.